The second kappa shape index (κ2) is 5.79. The highest BCUT2D eigenvalue weighted by Gasteiger charge is 2.05. The van der Waals surface area contributed by atoms with Gasteiger partial charge in [-0.1, -0.05) is 24.3 Å². The number of fused-ring (bicyclic) bond motifs is 1. The molecule has 1 aromatic heterocycles. The summed E-state index contributed by atoms with van der Waals surface area (Å²) in [7, 11) is 0. The molecule has 21 heavy (non-hydrogen) atoms. The number of aromatic amines is 1. The first-order valence-electron chi connectivity index (χ1n) is 7.00. The first-order chi connectivity index (χ1) is 10.2. The molecule has 0 aliphatic rings. The summed E-state index contributed by atoms with van der Waals surface area (Å²) in [6.45, 7) is 1.99. The van der Waals surface area contributed by atoms with Crippen LogP contribution in [0.1, 0.15) is 17.5 Å². The van der Waals surface area contributed by atoms with Crippen LogP contribution in [0.4, 0.5) is 5.69 Å². The maximum Gasteiger partial charge on any atom is 0.224 e. The molecule has 4 heteroatoms. The summed E-state index contributed by atoms with van der Waals surface area (Å²) in [4.78, 5) is 19.3. The number of hydrogen-bond donors (Lipinski definition) is 2. The van der Waals surface area contributed by atoms with E-state index in [-0.39, 0.29) is 5.91 Å². The van der Waals surface area contributed by atoms with Gasteiger partial charge in [0.2, 0.25) is 5.91 Å². The molecule has 1 heterocycles. The zero-order valence-electron chi connectivity index (χ0n) is 11.9. The van der Waals surface area contributed by atoms with E-state index in [0.29, 0.717) is 12.8 Å². The predicted octanol–water partition coefficient (Wildman–Crippen LogP) is 3.44. The zero-order valence-corrected chi connectivity index (χ0v) is 11.9. The second-order valence-corrected chi connectivity index (χ2v) is 5.12. The lowest BCUT2D eigenvalue weighted by Crippen LogP contribution is -2.13. The Hall–Kier alpha value is -2.62. The molecule has 0 bridgehead atoms. The molecule has 0 fully saturated rings. The van der Waals surface area contributed by atoms with Crippen molar-refractivity contribution in [2.24, 2.45) is 0 Å². The molecule has 3 rings (SSSR count). The van der Waals surface area contributed by atoms with Gasteiger partial charge >= 0.3 is 0 Å². The van der Waals surface area contributed by atoms with Crippen molar-refractivity contribution in [2.45, 2.75) is 19.8 Å². The predicted molar refractivity (Wildman–Crippen MR) is 84.2 cm³/mol. The van der Waals surface area contributed by atoms with Gasteiger partial charge in [0.05, 0.1) is 17.4 Å². The van der Waals surface area contributed by atoms with Crippen LogP contribution in [0.25, 0.3) is 11.0 Å². The number of carbonyl (C=O) groups excluding carboxylic acids is 1. The number of benzene rings is 2. The number of carbonyl (C=O) groups is 1. The second-order valence-electron chi connectivity index (χ2n) is 5.12. The average molecular weight is 279 g/mol. The van der Waals surface area contributed by atoms with E-state index < -0.39 is 0 Å². The quantitative estimate of drug-likeness (QED) is 0.768. The maximum atomic E-state index is 12.0. The van der Waals surface area contributed by atoms with Crippen LogP contribution >= 0.6 is 0 Å². The van der Waals surface area contributed by atoms with Crippen LogP contribution in [0.3, 0.4) is 0 Å². The molecule has 0 radical (unpaired) electrons. The molecule has 1 amide bonds. The van der Waals surface area contributed by atoms with Gasteiger partial charge in [0.1, 0.15) is 0 Å². The summed E-state index contributed by atoms with van der Waals surface area (Å²) < 4.78 is 0. The highest BCUT2D eigenvalue weighted by atomic mass is 16.1. The molecule has 0 atom stereocenters. The fourth-order valence-corrected chi connectivity index (χ4v) is 2.32. The molecule has 0 saturated carbocycles. The van der Waals surface area contributed by atoms with Gasteiger partial charge in [-0.3, -0.25) is 4.79 Å². The van der Waals surface area contributed by atoms with Crippen LogP contribution in [0.15, 0.2) is 48.8 Å². The van der Waals surface area contributed by atoms with E-state index in [9.17, 15) is 4.79 Å². The molecule has 2 aromatic carbocycles. The third-order valence-electron chi connectivity index (χ3n) is 3.54. The minimum absolute atomic E-state index is 0.0361. The smallest absolute Gasteiger partial charge is 0.224 e. The summed E-state index contributed by atoms with van der Waals surface area (Å²) >= 11 is 0. The van der Waals surface area contributed by atoms with Gasteiger partial charge in [0, 0.05) is 12.1 Å². The van der Waals surface area contributed by atoms with Crippen molar-refractivity contribution in [1.29, 1.82) is 0 Å². The standard InChI is InChI=1S/C17H17N3O/c1-12-4-2-3-5-14(12)20-17(21)9-7-13-6-8-15-16(10-13)19-11-18-15/h2-6,8,10-11H,7,9H2,1H3,(H,18,19)(H,20,21). The highest BCUT2D eigenvalue weighted by molar-refractivity contribution is 5.91. The zero-order chi connectivity index (χ0) is 14.7. The number of rotatable bonds is 4. The minimum Gasteiger partial charge on any atom is -0.345 e. The average Bonchev–Trinajstić information content (AvgIpc) is 2.95. The Kier molecular flexibility index (Phi) is 3.69. The number of H-pyrrole nitrogens is 1. The Morgan fingerprint density at radius 2 is 2.10 bits per heavy atom. The molecular weight excluding hydrogens is 262 g/mol. The van der Waals surface area contributed by atoms with Crippen LogP contribution in [-0.4, -0.2) is 15.9 Å². The SMILES string of the molecule is Cc1ccccc1NC(=O)CCc1ccc2nc[nH]c2c1. The van der Waals surface area contributed by atoms with Gasteiger partial charge in [-0.05, 0) is 42.7 Å². The molecule has 3 aromatic rings. The maximum absolute atomic E-state index is 12.0. The van der Waals surface area contributed by atoms with Crippen LogP contribution in [0.2, 0.25) is 0 Å². The number of hydrogen-bond acceptors (Lipinski definition) is 2. The number of para-hydroxylation sites is 1. The number of nitrogens with one attached hydrogen (secondary N) is 2. The molecule has 0 unspecified atom stereocenters. The highest BCUT2D eigenvalue weighted by Crippen LogP contribution is 2.15. The van der Waals surface area contributed by atoms with Crippen molar-refractivity contribution < 1.29 is 4.79 Å². The third kappa shape index (κ3) is 3.11. The summed E-state index contributed by atoms with van der Waals surface area (Å²) in [5.41, 5.74) is 5.04. The monoisotopic (exact) mass is 279 g/mol. The molecule has 0 spiro atoms. The number of anilines is 1. The number of aromatic nitrogens is 2. The van der Waals surface area contributed by atoms with Crippen molar-refractivity contribution in [3.63, 3.8) is 0 Å². The van der Waals surface area contributed by atoms with Gasteiger partial charge in [0.15, 0.2) is 0 Å². The summed E-state index contributed by atoms with van der Waals surface area (Å²) in [5, 5.41) is 2.95. The van der Waals surface area contributed by atoms with Gasteiger partial charge < -0.3 is 10.3 Å². The Morgan fingerprint density at radius 1 is 1.24 bits per heavy atom. The van der Waals surface area contributed by atoms with Crippen LogP contribution in [0.5, 0.6) is 0 Å². The minimum atomic E-state index is 0.0361. The van der Waals surface area contributed by atoms with Gasteiger partial charge in [-0.15, -0.1) is 0 Å². The lowest BCUT2D eigenvalue weighted by atomic mass is 10.1. The fraction of sp³-hybridized carbons (Fsp3) is 0.176. The number of amides is 1. The summed E-state index contributed by atoms with van der Waals surface area (Å²) in [6, 6.07) is 13.8. The number of nitrogens with zero attached hydrogens (tertiary/aromatic N) is 1. The summed E-state index contributed by atoms with van der Waals surface area (Å²) in [6.07, 6.45) is 2.86. The van der Waals surface area contributed by atoms with E-state index in [0.717, 1.165) is 27.8 Å². The molecule has 2 N–H and O–H groups in total. The van der Waals surface area contributed by atoms with Gasteiger partial charge in [0.25, 0.3) is 0 Å². The molecule has 106 valence electrons. The fourth-order valence-electron chi connectivity index (χ4n) is 2.32. The van der Waals surface area contributed by atoms with E-state index in [1.807, 2.05) is 49.4 Å². The topological polar surface area (TPSA) is 57.8 Å². The Morgan fingerprint density at radius 3 is 2.95 bits per heavy atom. The van der Waals surface area contributed by atoms with Crippen molar-refractivity contribution in [3.05, 3.63) is 59.9 Å². The Balaban J connectivity index is 1.61. The van der Waals surface area contributed by atoms with E-state index in [2.05, 4.69) is 15.3 Å². The van der Waals surface area contributed by atoms with E-state index in [1.165, 1.54) is 0 Å². The first-order valence-corrected chi connectivity index (χ1v) is 7.00. The van der Waals surface area contributed by atoms with Gasteiger partial charge in [-0.2, -0.15) is 0 Å². The normalized spacial score (nSPS) is 10.7. The van der Waals surface area contributed by atoms with Crippen molar-refractivity contribution in [2.75, 3.05) is 5.32 Å². The van der Waals surface area contributed by atoms with E-state index >= 15 is 0 Å². The molecule has 0 aliphatic carbocycles. The molecule has 0 aliphatic heterocycles. The molecular formula is C17H17N3O. The summed E-state index contributed by atoms with van der Waals surface area (Å²) in [5.74, 6) is 0.0361. The van der Waals surface area contributed by atoms with E-state index in [1.54, 1.807) is 6.33 Å². The third-order valence-corrected chi connectivity index (χ3v) is 3.54. The van der Waals surface area contributed by atoms with Crippen LogP contribution in [0, 0.1) is 6.92 Å². The van der Waals surface area contributed by atoms with Crippen molar-refractivity contribution in [3.8, 4) is 0 Å². The van der Waals surface area contributed by atoms with Crippen molar-refractivity contribution in [1.82, 2.24) is 9.97 Å². The Bertz CT molecular complexity index is 776. The Labute approximate surface area is 123 Å². The molecule has 0 saturated heterocycles. The lowest BCUT2D eigenvalue weighted by Gasteiger charge is -2.08. The van der Waals surface area contributed by atoms with Crippen LogP contribution < -0.4 is 5.32 Å². The molecule has 4 nitrogen and oxygen atoms in total. The van der Waals surface area contributed by atoms with E-state index in [4.69, 9.17) is 0 Å². The lowest BCUT2D eigenvalue weighted by molar-refractivity contribution is -0.116. The number of imidazole rings is 1. The van der Waals surface area contributed by atoms with Crippen molar-refractivity contribution >= 4 is 22.6 Å². The number of aryl methyl sites for hydroxylation is 2. The largest absolute Gasteiger partial charge is 0.345 e. The first kappa shape index (κ1) is 13.4. The van der Waals surface area contributed by atoms with Crippen LogP contribution in [-0.2, 0) is 11.2 Å². The van der Waals surface area contributed by atoms with Gasteiger partial charge in [-0.25, -0.2) is 4.98 Å².